The second-order valence-electron chi connectivity index (χ2n) is 9.15. The number of benzene rings is 1. The minimum Gasteiger partial charge on any atom is -0.465 e. The summed E-state index contributed by atoms with van der Waals surface area (Å²) < 4.78 is 28.0. The standard InChI is InChI=1S/C24H27F2N3O4/c1-14-10-28(11-15(2)24(14,33)21-5-3-4-8-27-21)22(30)19-13-29(23(31)32)12-18(19)17-7-6-16(25)9-20(17)26/h3-9,14-15,18-19,33H,10-13H2,1-2H3,(H,31,32)/t14-,15+,18-,19+,24-/m0/s1. The van der Waals surface area contributed by atoms with Gasteiger partial charge in [0.25, 0.3) is 0 Å². The molecule has 0 radical (unpaired) electrons. The molecule has 33 heavy (non-hydrogen) atoms. The third-order valence-electron chi connectivity index (χ3n) is 7.15. The molecule has 176 valence electrons. The maximum atomic E-state index is 14.6. The van der Waals surface area contributed by atoms with Gasteiger partial charge in [0.2, 0.25) is 5.91 Å². The molecule has 0 saturated carbocycles. The molecule has 3 heterocycles. The zero-order valence-electron chi connectivity index (χ0n) is 18.5. The van der Waals surface area contributed by atoms with E-state index in [4.69, 9.17) is 0 Å². The Kier molecular flexibility index (Phi) is 6.09. The van der Waals surface area contributed by atoms with Crippen LogP contribution in [0.2, 0.25) is 0 Å². The SMILES string of the molecule is C[C@@H]1CN(C(=O)[C@@H]2CN(C(=O)O)C[C@H]2c2ccc(F)cc2F)C[C@H](C)[C@@]1(O)c1ccccn1. The number of nitrogens with zero attached hydrogens (tertiary/aromatic N) is 3. The lowest BCUT2D eigenvalue weighted by atomic mass is 9.72. The average molecular weight is 459 g/mol. The van der Waals surface area contributed by atoms with E-state index in [1.165, 1.54) is 6.07 Å². The molecule has 2 N–H and O–H groups in total. The van der Waals surface area contributed by atoms with Crippen molar-refractivity contribution in [3.05, 3.63) is 65.5 Å². The molecule has 0 bridgehead atoms. The third kappa shape index (κ3) is 4.06. The van der Waals surface area contributed by atoms with Crippen molar-refractivity contribution in [2.75, 3.05) is 26.2 Å². The van der Waals surface area contributed by atoms with Crippen LogP contribution in [0.4, 0.5) is 13.6 Å². The van der Waals surface area contributed by atoms with Gasteiger partial charge in [-0.15, -0.1) is 0 Å². The van der Waals surface area contributed by atoms with E-state index >= 15 is 0 Å². The predicted molar refractivity (Wildman–Crippen MR) is 115 cm³/mol. The summed E-state index contributed by atoms with van der Waals surface area (Å²) in [5.41, 5.74) is -0.550. The van der Waals surface area contributed by atoms with Crippen LogP contribution in [0.25, 0.3) is 0 Å². The van der Waals surface area contributed by atoms with E-state index in [1.807, 2.05) is 13.8 Å². The van der Waals surface area contributed by atoms with Crippen LogP contribution in [0, 0.1) is 29.4 Å². The lowest BCUT2D eigenvalue weighted by Gasteiger charge is -2.48. The summed E-state index contributed by atoms with van der Waals surface area (Å²) in [6, 6.07) is 8.48. The van der Waals surface area contributed by atoms with Crippen molar-refractivity contribution in [1.82, 2.24) is 14.8 Å². The highest BCUT2D eigenvalue weighted by molar-refractivity contribution is 5.82. The normalized spacial score (nSPS) is 29.8. The summed E-state index contributed by atoms with van der Waals surface area (Å²) in [6.07, 6.45) is 0.424. The largest absolute Gasteiger partial charge is 0.465 e. The van der Waals surface area contributed by atoms with Crippen LogP contribution in [0.5, 0.6) is 0 Å². The summed E-state index contributed by atoms with van der Waals surface area (Å²) >= 11 is 0. The molecule has 5 atom stereocenters. The van der Waals surface area contributed by atoms with Gasteiger partial charge in [0.15, 0.2) is 0 Å². The maximum Gasteiger partial charge on any atom is 0.407 e. The number of carbonyl (C=O) groups excluding carboxylic acids is 1. The van der Waals surface area contributed by atoms with Crippen molar-refractivity contribution in [3.8, 4) is 0 Å². The number of aliphatic hydroxyl groups is 1. The number of likely N-dealkylation sites (tertiary alicyclic amines) is 2. The van der Waals surface area contributed by atoms with Crippen LogP contribution in [-0.2, 0) is 10.4 Å². The number of pyridine rings is 1. The molecule has 1 aromatic heterocycles. The van der Waals surface area contributed by atoms with Gasteiger partial charge in [0, 0.05) is 56.2 Å². The highest BCUT2D eigenvalue weighted by Crippen LogP contribution is 2.42. The van der Waals surface area contributed by atoms with Gasteiger partial charge in [-0.2, -0.15) is 0 Å². The Morgan fingerprint density at radius 3 is 2.30 bits per heavy atom. The molecule has 0 aliphatic carbocycles. The molecular weight excluding hydrogens is 432 g/mol. The van der Waals surface area contributed by atoms with Gasteiger partial charge in [-0.05, 0) is 23.8 Å². The number of rotatable bonds is 3. The smallest absolute Gasteiger partial charge is 0.407 e. The quantitative estimate of drug-likeness (QED) is 0.736. The van der Waals surface area contributed by atoms with Crippen molar-refractivity contribution in [1.29, 1.82) is 0 Å². The molecule has 2 saturated heterocycles. The summed E-state index contributed by atoms with van der Waals surface area (Å²) in [7, 11) is 0. The predicted octanol–water partition coefficient (Wildman–Crippen LogP) is 3.06. The number of hydrogen-bond donors (Lipinski definition) is 2. The summed E-state index contributed by atoms with van der Waals surface area (Å²) in [5, 5.41) is 21.0. The van der Waals surface area contributed by atoms with Gasteiger partial charge >= 0.3 is 6.09 Å². The maximum absolute atomic E-state index is 14.6. The Balaban J connectivity index is 1.60. The van der Waals surface area contributed by atoms with Gasteiger partial charge in [-0.3, -0.25) is 9.78 Å². The monoisotopic (exact) mass is 459 g/mol. The van der Waals surface area contributed by atoms with E-state index in [0.29, 0.717) is 5.69 Å². The zero-order chi connectivity index (χ0) is 23.9. The molecule has 7 nitrogen and oxygen atoms in total. The minimum atomic E-state index is -1.22. The van der Waals surface area contributed by atoms with Crippen LogP contribution < -0.4 is 0 Å². The molecule has 2 aliphatic heterocycles. The highest BCUT2D eigenvalue weighted by atomic mass is 19.1. The van der Waals surface area contributed by atoms with Crippen LogP contribution in [-0.4, -0.2) is 63.2 Å². The Hall–Kier alpha value is -3.07. The van der Waals surface area contributed by atoms with E-state index in [1.54, 1.807) is 29.3 Å². The average Bonchev–Trinajstić information content (AvgIpc) is 3.22. The first-order valence-corrected chi connectivity index (χ1v) is 11.0. The van der Waals surface area contributed by atoms with E-state index in [-0.39, 0.29) is 49.5 Å². The van der Waals surface area contributed by atoms with Gasteiger partial charge in [-0.1, -0.05) is 26.0 Å². The molecule has 1 aromatic carbocycles. The highest BCUT2D eigenvalue weighted by Gasteiger charge is 2.50. The van der Waals surface area contributed by atoms with Crippen LogP contribution in [0.1, 0.15) is 31.0 Å². The summed E-state index contributed by atoms with van der Waals surface area (Å²) in [5.74, 6) is -4.03. The van der Waals surface area contributed by atoms with Gasteiger partial charge < -0.3 is 20.0 Å². The van der Waals surface area contributed by atoms with Crippen molar-refractivity contribution < 1.29 is 28.6 Å². The lowest BCUT2D eigenvalue weighted by Crippen LogP contribution is -2.57. The molecule has 0 spiro atoms. The minimum absolute atomic E-state index is 0.0505. The van der Waals surface area contributed by atoms with E-state index in [2.05, 4.69) is 4.98 Å². The summed E-state index contributed by atoms with van der Waals surface area (Å²) in [6.45, 7) is 4.07. The van der Waals surface area contributed by atoms with Crippen molar-refractivity contribution in [2.45, 2.75) is 25.4 Å². The molecular formula is C24H27F2N3O4. The molecule has 2 aromatic rings. The third-order valence-corrected chi connectivity index (χ3v) is 7.15. The van der Waals surface area contributed by atoms with Crippen LogP contribution >= 0.6 is 0 Å². The number of piperidine rings is 1. The molecule has 2 fully saturated rings. The number of carboxylic acid groups (broad SMARTS) is 1. The Bertz CT molecular complexity index is 1040. The molecule has 2 aliphatic rings. The van der Waals surface area contributed by atoms with Crippen molar-refractivity contribution in [2.24, 2.45) is 17.8 Å². The first-order valence-electron chi connectivity index (χ1n) is 11.0. The van der Waals surface area contributed by atoms with E-state index < -0.39 is 35.2 Å². The van der Waals surface area contributed by atoms with Crippen LogP contribution in [0.15, 0.2) is 42.6 Å². The number of hydrogen-bond acceptors (Lipinski definition) is 4. The van der Waals surface area contributed by atoms with Gasteiger partial charge in [0.1, 0.15) is 17.2 Å². The second kappa shape index (κ2) is 8.70. The Labute approximate surface area is 190 Å². The second-order valence-corrected chi connectivity index (χ2v) is 9.15. The number of amides is 2. The number of carbonyl (C=O) groups is 2. The Morgan fingerprint density at radius 1 is 1.03 bits per heavy atom. The fraction of sp³-hybridized carbons (Fsp3) is 0.458. The molecule has 9 heteroatoms. The number of halogens is 2. The molecule has 2 amide bonds. The lowest BCUT2D eigenvalue weighted by molar-refractivity contribution is -0.153. The van der Waals surface area contributed by atoms with Gasteiger partial charge in [-0.25, -0.2) is 13.6 Å². The fourth-order valence-corrected chi connectivity index (χ4v) is 5.35. The van der Waals surface area contributed by atoms with Crippen molar-refractivity contribution >= 4 is 12.0 Å². The van der Waals surface area contributed by atoms with Crippen LogP contribution in [0.3, 0.4) is 0 Å². The summed E-state index contributed by atoms with van der Waals surface area (Å²) in [4.78, 5) is 32.2. The molecule has 4 rings (SSSR count). The Morgan fingerprint density at radius 2 is 1.73 bits per heavy atom. The van der Waals surface area contributed by atoms with Crippen molar-refractivity contribution in [3.63, 3.8) is 0 Å². The first kappa shape index (κ1) is 23.1. The van der Waals surface area contributed by atoms with Gasteiger partial charge in [0.05, 0.1) is 11.6 Å². The number of aromatic nitrogens is 1. The fourth-order valence-electron chi connectivity index (χ4n) is 5.35. The molecule has 0 unspecified atom stereocenters. The van der Waals surface area contributed by atoms with E-state index in [9.17, 15) is 28.6 Å². The topological polar surface area (TPSA) is 94.0 Å². The van der Waals surface area contributed by atoms with E-state index in [0.717, 1.165) is 17.0 Å². The zero-order valence-corrected chi connectivity index (χ0v) is 18.5. The first-order chi connectivity index (χ1) is 15.6.